The van der Waals surface area contributed by atoms with Crippen LogP contribution < -0.4 is 10.6 Å². The van der Waals surface area contributed by atoms with E-state index < -0.39 is 0 Å². The van der Waals surface area contributed by atoms with Crippen LogP contribution in [0.25, 0.3) is 0 Å². The minimum atomic E-state index is 0.198. The normalized spacial score (nSPS) is 29.7. The Morgan fingerprint density at radius 3 is 3.06 bits per heavy atom. The van der Waals surface area contributed by atoms with Crippen molar-refractivity contribution in [2.75, 3.05) is 13.1 Å². The summed E-state index contributed by atoms with van der Waals surface area (Å²) in [5.41, 5.74) is 1.01. The first kappa shape index (κ1) is 11.7. The summed E-state index contributed by atoms with van der Waals surface area (Å²) in [6.45, 7) is 4.39. The Kier molecular flexibility index (Phi) is 3.07. The van der Waals surface area contributed by atoms with Gasteiger partial charge in [-0.1, -0.05) is 0 Å². The summed E-state index contributed by atoms with van der Waals surface area (Å²) in [6, 6.07) is 2.39. The average molecular weight is 248 g/mol. The number of rotatable bonds is 4. The molecule has 0 unspecified atom stereocenters. The van der Waals surface area contributed by atoms with Crippen molar-refractivity contribution in [3.05, 3.63) is 18.0 Å². The lowest BCUT2D eigenvalue weighted by atomic mass is 9.97. The zero-order chi connectivity index (χ0) is 12.5. The SMILES string of the molecule is Cc1ccn(CCNC(=O)[C@@H]2[C@H]3CC[C@@H]2NC3)n1. The van der Waals surface area contributed by atoms with Gasteiger partial charge >= 0.3 is 0 Å². The summed E-state index contributed by atoms with van der Waals surface area (Å²) in [4.78, 5) is 12.1. The van der Waals surface area contributed by atoms with Gasteiger partial charge in [0.05, 0.1) is 18.2 Å². The maximum atomic E-state index is 12.1. The van der Waals surface area contributed by atoms with Crippen molar-refractivity contribution >= 4 is 5.91 Å². The molecule has 0 radical (unpaired) electrons. The molecule has 1 aliphatic heterocycles. The first-order valence-electron chi connectivity index (χ1n) is 6.75. The maximum Gasteiger partial charge on any atom is 0.225 e. The molecule has 0 aromatic carbocycles. The molecule has 1 amide bonds. The molecule has 1 aromatic heterocycles. The number of carbonyl (C=O) groups excluding carboxylic acids is 1. The van der Waals surface area contributed by atoms with Crippen LogP contribution >= 0.6 is 0 Å². The highest BCUT2D eigenvalue weighted by atomic mass is 16.2. The zero-order valence-electron chi connectivity index (χ0n) is 10.7. The van der Waals surface area contributed by atoms with Crippen LogP contribution in [0, 0.1) is 18.8 Å². The van der Waals surface area contributed by atoms with E-state index in [0.717, 1.165) is 25.2 Å². The number of carbonyl (C=O) groups is 1. The van der Waals surface area contributed by atoms with E-state index in [2.05, 4.69) is 15.7 Å². The van der Waals surface area contributed by atoms with E-state index in [9.17, 15) is 4.79 Å². The number of piperidine rings is 1. The number of hydrogen-bond acceptors (Lipinski definition) is 3. The molecule has 3 atom stereocenters. The lowest BCUT2D eigenvalue weighted by Gasteiger charge is -2.14. The molecule has 98 valence electrons. The minimum Gasteiger partial charge on any atom is -0.354 e. The van der Waals surface area contributed by atoms with Gasteiger partial charge in [0.2, 0.25) is 5.91 Å². The second-order valence-corrected chi connectivity index (χ2v) is 5.39. The molecule has 2 fully saturated rings. The number of hydrogen-bond donors (Lipinski definition) is 2. The Hall–Kier alpha value is -1.36. The average Bonchev–Trinajstić information content (AvgIpc) is 3.04. The largest absolute Gasteiger partial charge is 0.354 e. The summed E-state index contributed by atoms with van der Waals surface area (Å²) >= 11 is 0. The smallest absolute Gasteiger partial charge is 0.225 e. The van der Waals surface area contributed by atoms with Crippen LogP contribution in [-0.2, 0) is 11.3 Å². The van der Waals surface area contributed by atoms with E-state index in [1.807, 2.05) is 23.9 Å². The fraction of sp³-hybridized carbons (Fsp3) is 0.692. The quantitative estimate of drug-likeness (QED) is 0.806. The van der Waals surface area contributed by atoms with Gasteiger partial charge in [-0.05, 0) is 38.3 Å². The van der Waals surface area contributed by atoms with E-state index in [0.29, 0.717) is 18.5 Å². The zero-order valence-corrected chi connectivity index (χ0v) is 10.7. The van der Waals surface area contributed by atoms with Crippen LogP contribution in [0.5, 0.6) is 0 Å². The fourth-order valence-corrected chi connectivity index (χ4v) is 3.24. The van der Waals surface area contributed by atoms with Crippen LogP contribution in [-0.4, -0.2) is 34.8 Å². The molecule has 18 heavy (non-hydrogen) atoms. The van der Waals surface area contributed by atoms with Gasteiger partial charge in [0.25, 0.3) is 0 Å². The number of aryl methyl sites for hydroxylation is 1. The first-order chi connectivity index (χ1) is 8.74. The van der Waals surface area contributed by atoms with Gasteiger partial charge in [-0.15, -0.1) is 0 Å². The van der Waals surface area contributed by atoms with Gasteiger partial charge in [-0.25, -0.2) is 0 Å². The van der Waals surface area contributed by atoms with Crippen molar-refractivity contribution in [3.8, 4) is 0 Å². The summed E-state index contributed by atoms with van der Waals surface area (Å²) < 4.78 is 1.87. The summed E-state index contributed by atoms with van der Waals surface area (Å²) in [7, 11) is 0. The molecule has 1 saturated heterocycles. The molecule has 2 heterocycles. The summed E-state index contributed by atoms with van der Waals surface area (Å²) in [5, 5.41) is 10.8. The molecule has 1 aromatic rings. The fourth-order valence-electron chi connectivity index (χ4n) is 3.24. The number of nitrogens with one attached hydrogen (secondary N) is 2. The van der Waals surface area contributed by atoms with Gasteiger partial charge in [0, 0.05) is 18.8 Å². The van der Waals surface area contributed by atoms with Crippen molar-refractivity contribution in [1.82, 2.24) is 20.4 Å². The standard InChI is InChI=1S/C13H20N4O/c1-9-4-6-17(16-9)7-5-14-13(18)12-10-2-3-11(12)15-8-10/h4,6,10-12,15H,2-3,5,7-8H2,1H3,(H,14,18)/t10-,11-,12+/m0/s1. The molecule has 5 nitrogen and oxygen atoms in total. The highest BCUT2D eigenvalue weighted by molar-refractivity contribution is 5.80. The van der Waals surface area contributed by atoms with Crippen LogP contribution in [0.15, 0.2) is 12.3 Å². The lowest BCUT2D eigenvalue weighted by molar-refractivity contribution is -0.125. The Bertz CT molecular complexity index is 422. The third-order valence-electron chi connectivity index (χ3n) is 4.15. The Balaban J connectivity index is 1.47. The third-order valence-corrected chi connectivity index (χ3v) is 4.15. The highest BCUT2D eigenvalue weighted by Crippen LogP contribution is 2.36. The lowest BCUT2D eigenvalue weighted by Crippen LogP contribution is -2.38. The minimum absolute atomic E-state index is 0.198. The van der Waals surface area contributed by atoms with Gasteiger partial charge < -0.3 is 10.6 Å². The van der Waals surface area contributed by atoms with Crippen LogP contribution in [0.1, 0.15) is 18.5 Å². The van der Waals surface area contributed by atoms with E-state index in [1.54, 1.807) is 0 Å². The van der Waals surface area contributed by atoms with Crippen molar-refractivity contribution < 1.29 is 4.79 Å². The van der Waals surface area contributed by atoms with E-state index in [4.69, 9.17) is 0 Å². The van der Waals surface area contributed by atoms with Crippen molar-refractivity contribution in [2.24, 2.45) is 11.8 Å². The summed E-state index contributed by atoms with van der Waals surface area (Å²) in [5.74, 6) is 0.975. The number of aromatic nitrogens is 2. The highest BCUT2D eigenvalue weighted by Gasteiger charge is 2.45. The molecule has 2 N–H and O–H groups in total. The predicted octanol–water partition coefficient (Wildman–Crippen LogP) is 0.306. The number of fused-ring (bicyclic) bond motifs is 2. The Morgan fingerprint density at radius 1 is 1.61 bits per heavy atom. The van der Waals surface area contributed by atoms with E-state index in [1.165, 1.54) is 6.42 Å². The molecular weight excluding hydrogens is 228 g/mol. The first-order valence-corrected chi connectivity index (χ1v) is 6.75. The van der Waals surface area contributed by atoms with Gasteiger partial charge in [0.15, 0.2) is 0 Å². The molecule has 3 rings (SSSR count). The Morgan fingerprint density at radius 2 is 2.50 bits per heavy atom. The third kappa shape index (κ3) is 2.14. The molecule has 1 saturated carbocycles. The van der Waals surface area contributed by atoms with Crippen LogP contribution in [0.4, 0.5) is 0 Å². The van der Waals surface area contributed by atoms with Crippen molar-refractivity contribution in [1.29, 1.82) is 0 Å². The van der Waals surface area contributed by atoms with Crippen LogP contribution in [0.3, 0.4) is 0 Å². The predicted molar refractivity (Wildman–Crippen MR) is 68.0 cm³/mol. The van der Waals surface area contributed by atoms with Crippen LogP contribution in [0.2, 0.25) is 0 Å². The summed E-state index contributed by atoms with van der Waals surface area (Å²) in [6.07, 6.45) is 4.30. The molecule has 5 heteroatoms. The van der Waals surface area contributed by atoms with Gasteiger partial charge in [-0.2, -0.15) is 5.10 Å². The molecule has 0 spiro atoms. The molecule has 1 aliphatic carbocycles. The Labute approximate surface area is 107 Å². The monoisotopic (exact) mass is 248 g/mol. The topological polar surface area (TPSA) is 59.0 Å². The molecular formula is C13H20N4O. The number of nitrogens with zero attached hydrogens (tertiary/aromatic N) is 2. The molecule has 2 bridgehead atoms. The second kappa shape index (κ2) is 4.72. The van der Waals surface area contributed by atoms with Gasteiger partial charge in [-0.3, -0.25) is 9.48 Å². The van der Waals surface area contributed by atoms with Crippen molar-refractivity contribution in [3.63, 3.8) is 0 Å². The second-order valence-electron chi connectivity index (χ2n) is 5.39. The maximum absolute atomic E-state index is 12.1. The van der Waals surface area contributed by atoms with E-state index >= 15 is 0 Å². The molecule has 2 aliphatic rings. The number of amides is 1. The van der Waals surface area contributed by atoms with E-state index in [-0.39, 0.29) is 11.8 Å². The van der Waals surface area contributed by atoms with Gasteiger partial charge in [0.1, 0.15) is 0 Å². The van der Waals surface area contributed by atoms with Crippen molar-refractivity contribution in [2.45, 2.75) is 32.4 Å².